The number of piperidine rings is 1. The van der Waals surface area contributed by atoms with Gasteiger partial charge in [-0.05, 0) is 70.5 Å². The van der Waals surface area contributed by atoms with E-state index in [1.807, 2.05) is 6.92 Å². The Labute approximate surface area is 197 Å². The average molecular weight is 461 g/mol. The van der Waals surface area contributed by atoms with E-state index in [9.17, 15) is 9.59 Å². The summed E-state index contributed by atoms with van der Waals surface area (Å²) in [4.78, 5) is 36.4. The quantitative estimate of drug-likeness (QED) is 0.534. The highest BCUT2D eigenvalue weighted by molar-refractivity contribution is 5.81. The summed E-state index contributed by atoms with van der Waals surface area (Å²) in [5.41, 5.74) is 0.0937. The van der Waals surface area contributed by atoms with Crippen LogP contribution in [0.25, 0.3) is 0 Å². The largest absolute Gasteiger partial charge is 0.355 e. The number of nitrogens with one attached hydrogen (secondary N) is 1. The van der Waals surface area contributed by atoms with Crippen LogP contribution in [0.5, 0.6) is 0 Å². The molecule has 1 N–H and O–H groups in total. The van der Waals surface area contributed by atoms with Gasteiger partial charge in [-0.3, -0.25) is 14.5 Å². The maximum atomic E-state index is 12.8. The van der Waals surface area contributed by atoms with Crippen LogP contribution in [0.15, 0.2) is 4.52 Å². The second-order valence-corrected chi connectivity index (χ2v) is 10.1. The first kappa shape index (κ1) is 24.1. The molecule has 0 aromatic carbocycles. The number of aromatic nitrogens is 2. The van der Waals surface area contributed by atoms with Crippen molar-refractivity contribution in [1.29, 1.82) is 0 Å². The standard InChI is InChI=1S/C24H40N6O3/c1-4-28(5-2)12-6-11-25-21(31)16-30-17-24(15-20(30)22-26-18(3)27-33-22)9-13-29(14-10-24)23(32)19-7-8-19/h19-20H,4-17H2,1-3H3,(H,25,31). The number of hydrogen-bond acceptors (Lipinski definition) is 7. The Balaban J connectivity index is 1.34. The maximum Gasteiger partial charge on any atom is 0.244 e. The van der Waals surface area contributed by atoms with Gasteiger partial charge in [0.05, 0.1) is 12.6 Å². The third kappa shape index (κ3) is 5.93. The molecule has 9 heteroatoms. The predicted molar refractivity (Wildman–Crippen MR) is 124 cm³/mol. The molecule has 1 saturated carbocycles. The zero-order valence-electron chi connectivity index (χ0n) is 20.5. The fraction of sp³-hybridized carbons (Fsp3) is 0.833. The average Bonchev–Trinajstić information content (AvgIpc) is 3.49. The van der Waals surface area contributed by atoms with Crippen molar-refractivity contribution in [3.63, 3.8) is 0 Å². The lowest BCUT2D eigenvalue weighted by Crippen LogP contribution is -2.45. The minimum atomic E-state index is -0.0432. The van der Waals surface area contributed by atoms with Gasteiger partial charge in [0, 0.05) is 32.1 Å². The van der Waals surface area contributed by atoms with E-state index < -0.39 is 0 Å². The number of nitrogens with zero attached hydrogens (tertiary/aromatic N) is 5. The van der Waals surface area contributed by atoms with Crippen molar-refractivity contribution in [3.05, 3.63) is 11.7 Å². The van der Waals surface area contributed by atoms with Gasteiger partial charge in [0.25, 0.3) is 0 Å². The summed E-state index contributed by atoms with van der Waals surface area (Å²) >= 11 is 0. The Morgan fingerprint density at radius 2 is 1.94 bits per heavy atom. The van der Waals surface area contributed by atoms with Gasteiger partial charge in [0.2, 0.25) is 17.7 Å². The van der Waals surface area contributed by atoms with E-state index in [1.165, 1.54) is 0 Å². The SMILES string of the molecule is CCN(CC)CCCNC(=O)CN1CC2(CCN(C(=O)C3CC3)CC2)CC1c1nc(C)no1. The van der Waals surface area contributed by atoms with E-state index in [0.29, 0.717) is 30.7 Å². The van der Waals surface area contributed by atoms with Gasteiger partial charge in [0.1, 0.15) is 0 Å². The molecule has 3 heterocycles. The highest BCUT2D eigenvalue weighted by atomic mass is 16.5. The minimum absolute atomic E-state index is 0.0432. The van der Waals surface area contributed by atoms with Crippen LogP contribution in [0.4, 0.5) is 0 Å². The summed E-state index contributed by atoms with van der Waals surface area (Å²) in [6.45, 7) is 12.7. The lowest BCUT2D eigenvalue weighted by atomic mass is 9.76. The van der Waals surface area contributed by atoms with E-state index in [4.69, 9.17) is 4.52 Å². The smallest absolute Gasteiger partial charge is 0.244 e. The third-order valence-electron chi connectivity index (χ3n) is 7.71. The molecule has 184 valence electrons. The van der Waals surface area contributed by atoms with Crippen molar-refractivity contribution >= 4 is 11.8 Å². The van der Waals surface area contributed by atoms with Crippen LogP contribution in [-0.2, 0) is 9.59 Å². The molecule has 1 aromatic heterocycles. The number of aryl methyl sites for hydroxylation is 1. The maximum absolute atomic E-state index is 12.8. The third-order valence-corrected chi connectivity index (χ3v) is 7.71. The van der Waals surface area contributed by atoms with E-state index in [-0.39, 0.29) is 23.3 Å². The summed E-state index contributed by atoms with van der Waals surface area (Å²) in [6.07, 6.45) is 5.89. The monoisotopic (exact) mass is 460 g/mol. The molecule has 4 rings (SSSR count). The van der Waals surface area contributed by atoms with Crippen LogP contribution in [0.2, 0.25) is 0 Å². The number of likely N-dealkylation sites (tertiary alicyclic amines) is 2. The molecule has 1 unspecified atom stereocenters. The van der Waals surface area contributed by atoms with Gasteiger partial charge in [-0.1, -0.05) is 19.0 Å². The van der Waals surface area contributed by atoms with E-state index in [2.05, 4.69) is 44.0 Å². The predicted octanol–water partition coefficient (Wildman–Crippen LogP) is 1.99. The number of amides is 2. The minimum Gasteiger partial charge on any atom is -0.355 e. The van der Waals surface area contributed by atoms with Crippen molar-refractivity contribution in [2.75, 3.05) is 52.4 Å². The zero-order chi connectivity index (χ0) is 23.4. The second-order valence-electron chi connectivity index (χ2n) is 10.1. The molecular formula is C24H40N6O3. The molecule has 1 spiro atoms. The lowest BCUT2D eigenvalue weighted by Gasteiger charge is -2.39. The van der Waals surface area contributed by atoms with Crippen molar-refractivity contribution in [3.8, 4) is 0 Å². The van der Waals surface area contributed by atoms with E-state index >= 15 is 0 Å². The van der Waals surface area contributed by atoms with Gasteiger partial charge in [-0.2, -0.15) is 4.98 Å². The van der Waals surface area contributed by atoms with Crippen molar-refractivity contribution < 1.29 is 14.1 Å². The van der Waals surface area contributed by atoms with Crippen LogP contribution in [0, 0.1) is 18.3 Å². The first-order valence-electron chi connectivity index (χ1n) is 12.7. The van der Waals surface area contributed by atoms with E-state index in [0.717, 1.165) is 77.8 Å². The Hall–Kier alpha value is -2.00. The van der Waals surface area contributed by atoms with Gasteiger partial charge in [0.15, 0.2) is 5.82 Å². The fourth-order valence-corrected chi connectivity index (χ4v) is 5.47. The molecule has 3 fully saturated rings. The number of carbonyl (C=O) groups is 2. The molecule has 1 aliphatic carbocycles. The Kier molecular flexibility index (Phi) is 7.69. The molecule has 3 aliphatic rings. The molecule has 1 atom stereocenters. The highest BCUT2D eigenvalue weighted by Crippen LogP contribution is 2.49. The van der Waals surface area contributed by atoms with Crippen LogP contribution < -0.4 is 5.32 Å². The molecule has 33 heavy (non-hydrogen) atoms. The van der Waals surface area contributed by atoms with Crippen molar-refractivity contribution in [2.45, 2.75) is 65.3 Å². The first-order valence-corrected chi connectivity index (χ1v) is 12.7. The molecule has 0 bridgehead atoms. The van der Waals surface area contributed by atoms with Gasteiger partial charge in [-0.25, -0.2) is 0 Å². The van der Waals surface area contributed by atoms with E-state index in [1.54, 1.807) is 0 Å². The van der Waals surface area contributed by atoms with Crippen molar-refractivity contribution in [1.82, 2.24) is 30.2 Å². The summed E-state index contributed by atoms with van der Waals surface area (Å²) < 4.78 is 5.54. The van der Waals surface area contributed by atoms with Crippen molar-refractivity contribution in [2.24, 2.45) is 11.3 Å². The highest BCUT2D eigenvalue weighted by Gasteiger charge is 2.49. The molecule has 0 radical (unpaired) electrons. The molecule has 2 saturated heterocycles. The number of carbonyl (C=O) groups excluding carboxylic acids is 2. The van der Waals surface area contributed by atoms with Crippen LogP contribution in [-0.4, -0.2) is 89.0 Å². The Morgan fingerprint density at radius 3 is 2.55 bits per heavy atom. The Bertz CT molecular complexity index is 811. The summed E-state index contributed by atoms with van der Waals surface area (Å²) in [6, 6.07) is -0.0432. The molecule has 1 aromatic rings. The van der Waals surface area contributed by atoms with Crippen LogP contribution in [0.1, 0.15) is 70.1 Å². The summed E-state index contributed by atoms with van der Waals surface area (Å²) in [7, 11) is 0. The normalized spacial score (nSPS) is 22.9. The first-order chi connectivity index (χ1) is 15.9. The molecular weight excluding hydrogens is 420 g/mol. The number of hydrogen-bond donors (Lipinski definition) is 1. The number of rotatable bonds is 10. The molecule has 2 aliphatic heterocycles. The fourth-order valence-electron chi connectivity index (χ4n) is 5.47. The lowest BCUT2D eigenvalue weighted by molar-refractivity contribution is -0.134. The summed E-state index contributed by atoms with van der Waals surface area (Å²) in [5.74, 6) is 1.90. The Morgan fingerprint density at radius 1 is 1.21 bits per heavy atom. The van der Waals surface area contributed by atoms with Crippen LogP contribution in [0.3, 0.4) is 0 Å². The van der Waals surface area contributed by atoms with Crippen LogP contribution >= 0.6 is 0 Å². The second kappa shape index (κ2) is 10.5. The van der Waals surface area contributed by atoms with Gasteiger partial charge < -0.3 is 19.6 Å². The molecule has 9 nitrogen and oxygen atoms in total. The van der Waals surface area contributed by atoms with Gasteiger partial charge >= 0.3 is 0 Å². The summed E-state index contributed by atoms with van der Waals surface area (Å²) in [5, 5.41) is 7.09. The molecule has 2 amide bonds. The topological polar surface area (TPSA) is 94.8 Å². The zero-order valence-corrected chi connectivity index (χ0v) is 20.5. The van der Waals surface area contributed by atoms with Gasteiger partial charge in [-0.15, -0.1) is 0 Å².